The fourth-order valence-corrected chi connectivity index (χ4v) is 2.67. The third-order valence-corrected chi connectivity index (χ3v) is 4.14. The topological polar surface area (TPSA) is 71.5 Å². The van der Waals surface area contributed by atoms with Crippen LogP contribution < -0.4 is 10.1 Å². The number of carbonyl (C=O) groups excluding carboxylic acids is 2. The highest BCUT2D eigenvalue weighted by Crippen LogP contribution is 2.20. The second-order valence-electron chi connectivity index (χ2n) is 5.04. The van der Waals surface area contributed by atoms with Gasteiger partial charge in [0.05, 0.1) is 5.92 Å². The minimum Gasteiger partial charge on any atom is -0.481 e. The van der Waals surface area contributed by atoms with Crippen molar-refractivity contribution in [3.05, 3.63) is 41.7 Å². The first-order chi connectivity index (χ1) is 11.1. The first kappa shape index (κ1) is 15.4. The predicted octanol–water partition coefficient (Wildman–Crippen LogP) is 1.76. The zero-order valence-corrected chi connectivity index (χ0v) is 12.9. The molecule has 2 heterocycles. The molecule has 1 aliphatic heterocycles. The van der Waals surface area contributed by atoms with Crippen LogP contribution in [-0.4, -0.2) is 41.4 Å². The second-order valence-corrected chi connectivity index (χ2v) is 5.94. The molecule has 0 radical (unpaired) electrons. The van der Waals surface area contributed by atoms with Crippen LogP contribution in [0.25, 0.3) is 0 Å². The maximum atomic E-state index is 13.4. The maximum absolute atomic E-state index is 13.4. The van der Waals surface area contributed by atoms with Crippen molar-refractivity contribution in [2.24, 2.45) is 5.92 Å². The Morgan fingerprint density at radius 2 is 2.17 bits per heavy atom. The molecule has 0 saturated carbocycles. The van der Waals surface area contributed by atoms with Crippen LogP contribution in [0.4, 0.5) is 9.52 Å². The molecule has 2 amide bonds. The van der Waals surface area contributed by atoms with E-state index < -0.39 is 5.82 Å². The second kappa shape index (κ2) is 6.74. The van der Waals surface area contributed by atoms with Gasteiger partial charge in [0.25, 0.3) is 5.91 Å². The number of nitrogens with one attached hydrogen (secondary N) is 1. The van der Waals surface area contributed by atoms with E-state index in [9.17, 15) is 14.0 Å². The van der Waals surface area contributed by atoms with E-state index in [4.69, 9.17) is 4.74 Å². The molecular weight excluding hydrogens is 321 g/mol. The molecule has 1 aromatic heterocycles. The molecule has 1 aromatic carbocycles. The number of halogens is 1. The van der Waals surface area contributed by atoms with Gasteiger partial charge in [-0.2, -0.15) is 0 Å². The number of thiazole rings is 1. The lowest BCUT2D eigenvalue weighted by atomic mass is 9.99. The van der Waals surface area contributed by atoms with Crippen molar-refractivity contribution in [1.29, 1.82) is 0 Å². The zero-order valence-electron chi connectivity index (χ0n) is 12.1. The average molecular weight is 335 g/mol. The minimum atomic E-state index is -0.510. The van der Waals surface area contributed by atoms with Crippen LogP contribution in [-0.2, 0) is 9.59 Å². The van der Waals surface area contributed by atoms with Crippen molar-refractivity contribution < 1.29 is 18.7 Å². The zero-order chi connectivity index (χ0) is 16.2. The smallest absolute Gasteiger partial charge is 0.260 e. The molecular formula is C15H14FN3O3S. The molecule has 6 nitrogen and oxygen atoms in total. The van der Waals surface area contributed by atoms with Gasteiger partial charge in [-0.15, -0.1) is 11.3 Å². The summed E-state index contributed by atoms with van der Waals surface area (Å²) in [6, 6.07) is 5.90. The van der Waals surface area contributed by atoms with Crippen LogP contribution >= 0.6 is 11.3 Å². The number of aromatic nitrogens is 1. The third-order valence-electron chi connectivity index (χ3n) is 3.46. The highest BCUT2D eigenvalue weighted by atomic mass is 32.1. The van der Waals surface area contributed by atoms with Crippen molar-refractivity contribution in [3.8, 4) is 5.75 Å². The van der Waals surface area contributed by atoms with Gasteiger partial charge in [-0.05, 0) is 12.1 Å². The van der Waals surface area contributed by atoms with E-state index in [2.05, 4.69) is 10.3 Å². The number of nitrogens with zero attached hydrogens (tertiary/aromatic N) is 2. The average Bonchev–Trinajstić information content (AvgIpc) is 2.97. The fraction of sp³-hybridized carbons (Fsp3) is 0.267. The number of hydrogen-bond acceptors (Lipinski definition) is 5. The van der Waals surface area contributed by atoms with Crippen molar-refractivity contribution in [3.63, 3.8) is 0 Å². The lowest BCUT2D eigenvalue weighted by Crippen LogP contribution is -2.55. The Morgan fingerprint density at radius 1 is 1.39 bits per heavy atom. The largest absolute Gasteiger partial charge is 0.481 e. The number of amides is 2. The predicted molar refractivity (Wildman–Crippen MR) is 82.7 cm³/mol. The van der Waals surface area contributed by atoms with Crippen molar-refractivity contribution in [1.82, 2.24) is 9.88 Å². The first-order valence-corrected chi connectivity index (χ1v) is 7.87. The first-order valence-electron chi connectivity index (χ1n) is 6.99. The Hall–Kier alpha value is -2.48. The molecule has 2 aromatic rings. The molecule has 1 fully saturated rings. The Kier molecular flexibility index (Phi) is 4.52. The van der Waals surface area contributed by atoms with Gasteiger partial charge in [0.15, 0.2) is 23.3 Å². The van der Waals surface area contributed by atoms with Crippen LogP contribution in [0.15, 0.2) is 35.8 Å². The van der Waals surface area contributed by atoms with E-state index >= 15 is 0 Å². The molecule has 0 spiro atoms. The van der Waals surface area contributed by atoms with Crippen LogP contribution in [0.1, 0.15) is 0 Å². The van der Waals surface area contributed by atoms with E-state index in [0.29, 0.717) is 18.2 Å². The summed E-state index contributed by atoms with van der Waals surface area (Å²) >= 11 is 1.34. The summed E-state index contributed by atoms with van der Waals surface area (Å²) < 4.78 is 18.5. The number of para-hydroxylation sites is 1. The van der Waals surface area contributed by atoms with Crippen LogP contribution in [0.3, 0.4) is 0 Å². The van der Waals surface area contributed by atoms with Gasteiger partial charge in [-0.1, -0.05) is 12.1 Å². The number of carbonyl (C=O) groups is 2. The molecule has 0 bridgehead atoms. The summed E-state index contributed by atoms with van der Waals surface area (Å²) in [7, 11) is 0. The van der Waals surface area contributed by atoms with Gasteiger partial charge in [0.2, 0.25) is 5.91 Å². The molecule has 1 aliphatic rings. The van der Waals surface area contributed by atoms with E-state index in [1.165, 1.54) is 28.4 Å². The van der Waals surface area contributed by atoms with E-state index in [1.807, 2.05) is 0 Å². The molecule has 1 saturated heterocycles. The van der Waals surface area contributed by atoms with Crippen molar-refractivity contribution in [2.75, 3.05) is 25.0 Å². The van der Waals surface area contributed by atoms with E-state index in [-0.39, 0.29) is 30.1 Å². The molecule has 8 heteroatoms. The minimum absolute atomic E-state index is 0.0411. The number of hydrogen-bond donors (Lipinski definition) is 1. The summed E-state index contributed by atoms with van der Waals surface area (Å²) in [6.45, 7) is 0.412. The van der Waals surface area contributed by atoms with Crippen LogP contribution in [0.2, 0.25) is 0 Å². The number of ether oxygens (including phenoxy) is 1. The third kappa shape index (κ3) is 3.65. The van der Waals surface area contributed by atoms with Gasteiger partial charge in [-0.3, -0.25) is 9.59 Å². The monoisotopic (exact) mass is 335 g/mol. The van der Waals surface area contributed by atoms with E-state index in [1.54, 1.807) is 23.7 Å². The summed E-state index contributed by atoms with van der Waals surface area (Å²) in [6.07, 6.45) is 1.61. The Morgan fingerprint density at radius 3 is 2.87 bits per heavy atom. The fourth-order valence-electron chi connectivity index (χ4n) is 2.13. The summed E-state index contributed by atoms with van der Waals surface area (Å²) in [4.78, 5) is 29.3. The standard InChI is InChI=1S/C15H14FN3O3S/c16-11-3-1-2-4-12(11)22-9-13(20)19-7-10(8-19)14(21)18-15-17-5-6-23-15/h1-6,10H,7-9H2,(H,17,18,21). The molecule has 120 valence electrons. The molecule has 1 N–H and O–H groups in total. The van der Waals surface area contributed by atoms with Crippen LogP contribution in [0, 0.1) is 11.7 Å². The lowest BCUT2D eigenvalue weighted by Gasteiger charge is -2.37. The summed E-state index contributed by atoms with van der Waals surface area (Å²) in [5, 5.41) is 5.01. The van der Waals surface area contributed by atoms with Crippen molar-refractivity contribution in [2.45, 2.75) is 0 Å². The molecule has 0 aliphatic carbocycles. The highest BCUT2D eigenvalue weighted by Gasteiger charge is 2.36. The Bertz CT molecular complexity index is 702. The molecule has 0 atom stereocenters. The SMILES string of the molecule is O=C(Nc1nccs1)C1CN(C(=O)COc2ccccc2F)C1. The number of benzene rings is 1. The van der Waals surface area contributed by atoms with Gasteiger partial charge < -0.3 is 15.0 Å². The lowest BCUT2D eigenvalue weighted by molar-refractivity contribution is -0.143. The van der Waals surface area contributed by atoms with Gasteiger partial charge in [0, 0.05) is 24.7 Å². The van der Waals surface area contributed by atoms with Crippen LogP contribution in [0.5, 0.6) is 5.75 Å². The Balaban J connectivity index is 1.43. The maximum Gasteiger partial charge on any atom is 0.260 e. The van der Waals surface area contributed by atoms with Crippen molar-refractivity contribution >= 4 is 28.3 Å². The van der Waals surface area contributed by atoms with Gasteiger partial charge in [-0.25, -0.2) is 9.37 Å². The van der Waals surface area contributed by atoms with Gasteiger partial charge in [0.1, 0.15) is 0 Å². The summed E-state index contributed by atoms with van der Waals surface area (Å²) in [5.41, 5.74) is 0. The molecule has 0 unspecified atom stereocenters. The number of rotatable bonds is 5. The molecule has 3 rings (SSSR count). The highest BCUT2D eigenvalue weighted by molar-refractivity contribution is 7.13. The van der Waals surface area contributed by atoms with Gasteiger partial charge >= 0.3 is 0 Å². The quantitative estimate of drug-likeness (QED) is 0.904. The number of anilines is 1. The normalized spacial score (nSPS) is 14.2. The van der Waals surface area contributed by atoms with E-state index in [0.717, 1.165) is 0 Å². The Labute approximate surface area is 135 Å². The number of likely N-dealkylation sites (tertiary alicyclic amines) is 1. The summed E-state index contributed by atoms with van der Waals surface area (Å²) in [5.74, 6) is -1.15. The molecule has 23 heavy (non-hydrogen) atoms.